The van der Waals surface area contributed by atoms with Crippen LogP contribution in [0.15, 0.2) is 12.1 Å². The quantitative estimate of drug-likeness (QED) is 0.758. The van der Waals surface area contributed by atoms with Crippen molar-refractivity contribution >= 4 is 5.78 Å². The highest BCUT2D eigenvalue weighted by Gasteiger charge is 2.29. The lowest BCUT2D eigenvalue weighted by Crippen LogP contribution is -2.24. The molecule has 0 spiro atoms. The van der Waals surface area contributed by atoms with Crippen LogP contribution in [-0.2, 0) is 5.41 Å². The van der Waals surface area contributed by atoms with Gasteiger partial charge in [-0.3, -0.25) is 4.79 Å². The van der Waals surface area contributed by atoms with Crippen molar-refractivity contribution in [2.45, 2.75) is 52.4 Å². The number of methoxy groups -OCH3 is 1. The second-order valence-electron chi connectivity index (χ2n) is 6.61. The highest BCUT2D eigenvalue weighted by Crippen LogP contribution is 2.36. The molecular formula is C17H24O2. The van der Waals surface area contributed by atoms with Crippen LogP contribution in [0.3, 0.4) is 0 Å². The van der Waals surface area contributed by atoms with Gasteiger partial charge in [0, 0.05) is 17.0 Å². The van der Waals surface area contributed by atoms with Crippen molar-refractivity contribution in [2.24, 2.45) is 5.92 Å². The molecule has 0 radical (unpaired) electrons. The zero-order valence-corrected chi connectivity index (χ0v) is 12.7. The maximum Gasteiger partial charge on any atom is 0.166 e. The van der Waals surface area contributed by atoms with E-state index in [4.69, 9.17) is 4.74 Å². The largest absolute Gasteiger partial charge is 0.496 e. The normalized spacial score (nSPS) is 16.1. The number of aryl methyl sites for hydroxylation is 1. The molecule has 0 amide bonds. The zero-order chi connectivity index (χ0) is 14.2. The Balaban J connectivity index is 2.47. The molecule has 2 heteroatoms. The summed E-state index contributed by atoms with van der Waals surface area (Å²) in [6.07, 6.45) is 3.29. The van der Waals surface area contributed by atoms with Gasteiger partial charge in [-0.2, -0.15) is 0 Å². The van der Waals surface area contributed by atoms with Crippen LogP contribution in [0.1, 0.15) is 61.5 Å². The van der Waals surface area contributed by atoms with E-state index in [0.29, 0.717) is 5.78 Å². The van der Waals surface area contributed by atoms with E-state index in [2.05, 4.69) is 26.8 Å². The molecular weight excluding hydrogens is 236 g/mol. The van der Waals surface area contributed by atoms with Gasteiger partial charge in [-0.05, 0) is 42.9 Å². The molecule has 19 heavy (non-hydrogen) atoms. The van der Waals surface area contributed by atoms with E-state index in [9.17, 15) is 4.79 Å². The van der Waals surface area contributed by atoms with Crippen molar-refractivity contribution in [2.75, 3.05) is 7.11 Å². The Morgan fingerprint density at radius 3 is 2.32 bits per heavy atom. The number of carbonyl (C=O) groups is 1. The van der Waals surface area contributed by atoms with Crippen LogP contribution in [0.2, 0.25) is 0 Å². The number of carbonyl (C=O) groups excluding carboxylic acids is 1. The summed E-state index contributed by atoms with van der Waals surface area (Å²) in [4.78, 5) is 12.5. The van der Waals surface area contributed by atoms with Gasteiger partial charge in [0.1, 0.15) is 5.75 Å². The van der Waals surface area contributed by atoms with Gasteiger partial charge in [0.2, 0.25) is 0 Å². The SMILES string of the molecule is COc1cc(C)c(C(=O)C2CCC2)cc1C(C)(C)C. The van der Waals surface area contributed by atoms with Gasteiger partial charge >= 0.3 is 0 Å². The molecule has 1 aromatic carbocycles. The molecule has 104 valence electrons. The minimum absolute atomic E-state index is 0.0202. The minimum atomic E-state index is -0.0202. The number of benzene rings is 1. The number of ether oxygens (including phenoxy) is 1. The van der Waals surface area contributed by atoms with E-state index in [1.165, 1.54) is 6.42 Å². The van der Waals surface area contributed by atoms with Crippen LogP contribution in [0, 0.1) is 12.8 Å². The van der Waals surface area contributed by atoms with Crippen LogP contribution in [0.25, 0.3) is 0 Å². The Bertz CT molecular complexity index is 491. The summed E-state index contributed by atoms with van der Waals surface area (Å²) in [6, 6.07) is 4.06. The molecule has 1 aliphatic carbocycles. The van der Waals surface area contributed by atoms with Gasteiger partial charge in [-0.15, -0.1) is 0 Å². The molecule has 0 aliphatic heterocycles. The molecule has 0 heterocycles. The predicted molar refractivity (Wildman–Crippen MR) is 78.1 cm³/mol. The van der Waals surface area contributed by atoms with Crippen LogP contribution < -0.4 is 4.74 Å². The fraction of sp³-hybridized carbons (Fsp3) is 0.588. The first kappa shape index (κ1) is 14.1. The summed E-state index contributed by atoms with van der Waals surface area (Å²) in [5, 5.41) is 0. The fourth-order valence-corrected chi connectivity index (χ4v) is 2.59. The van der Waals surface area contributed by atoms with E-state index >= 15 is 0 Å². The average Bonchev–Trinajstić information content (AvgIpc) is 2.24. The summed E-state index contributed by atoms with van der Waals surface area (Å²) in [5.74, 6) is 1.45. The number of ketones is 1. The van der Waals surface area contributed by atoms with E-state index < -0.39 is 0 Å². The molecule has 0 aromatic heterocycles. The maximum absolute atomic E-state index is 12.5. The van der Waals surface area contributed by atoms with E-state index in [0.717, 1.165) is 35.3 Å². The summed E-state index contributed by atoms with van der Waals surface area (Å²) in [5.41, 5.74) is 3.01. The molecule has 0 bridgehead atoms. The minimum Gasteiger partial charge on any atom is -0.496 e. The second kappa shape index (κ2) is 4.99. The van der Waals surface area contributed by atoms with Crippen molar-refractivity contribution in [1.29, 1.82) is 0 Å². The number of rotatable bonds is 3. The lowest BCUT2D eigenvalue weighted by atomic mass is 9.77. The third-order valence-electron chi connectivity index (χ3n) is 4.10. The van der Waals surface area contributed by atoms with Crippen molar-refractivity contribution in [3.8, 4) is 5.75 Å². The Kier molecular flexibility index (Phi) is 3.71. The second-order valence-corrected chi connectivity index (χ2v) is 6.61. The topological polar surface area (TPSA) is 26.3 Å². The first-order chi connectivity index (χ1) is 8.84. The smallest absolute Gasteiger partial charge is 0.166 e. The average molecular weight is 260 g/mol. The Morgan fingerprint density at radius 2 is 1.89 bits per heavy atom. The van der Waals surface area contributed by atoms with E-state index in [1.54, 1.807) is 7.11 Å². The van der Waals surface area contributed by atoms with E-state index in [-0.39, 0.29) is 11.3 Å². The van der Waals surface area contributed by atoms with E-state index in [1.807, 2.05) is 13.0 Å². The van der Waals surface area contributed by atoms with Gasteiger partial charge in [-0.1, -0.05) is 27.2 Å². The Hall–Kier alpha value is -1.31. The van der Waals surface area contributed by atoms with Crippen molar-refractivity contribution in [3.63, 3.8) is 0 Å². The summed E-state index contributed by atoms with van der Waals surface area (Å²) in [7, 11) is 1.69. The van der Waals surface area contributed by atoms with Crippen LogP contribution in [0.4, 0.5) is 0 Å². The van der Waals surface area contributed by atoms with Crippen LogP contribution in [0.5, 0.6) is 5.75 Å². The monoisotopic (exact) mass is 260 g/mol. The molecule has 1 aromatic rings. The fourth-order valence-electron chi connectivity index (χ4n) is 2.59. The van der Waals surface area contributed by atoms with Gasteiger partial charge in [0.05, 0.1) is 7.11 Å². The zero-order valence-electron chi connectivity index (χ0n) is 12.7. The highest BCUT2D eigenvalue weighted by molar-refractivity contribution is 6.00. The third-order valence-corrected chi connectivity index (χ3v) is 4.10. The lowest BCUT2D eigenvalue weighted by Gasteiger charge is -2.27. The van der Waals surface area contributed by atoms with Crippen LogP contribution in [-0.4, -0.2) is 12.9 Å². The van der Waals surface area contributed by atoms with Crippen molar-refractivity contribution < 1.29 is 9.53 Å². The van der Waals surface area contributed by atoms with Gasteiger partial charge in [0.15, 0.2) is 5.78 Å². The summed E-state index contributed by atoms with van der Waals surface area (Å²) < 4.78 is 5.48. The molecule has 1 aliphatic rings. The number of hydrogen-bond acceptors (Lipinski definition) is 2. The standard InChI is InChI=1S/C17H24O2/c1-11-9-15(19-5)14(17(2,3)4)10-13(11)16(18)12-7-6-8-12/h9-10,12H,6-8H2,1-5H3. The number of Topliss-reactive ketones (excluding diaryl/α,β-unsaturated/α-hetero) is 1. The summed E-state index contributed by atoms with van der Waals surface area (Å²) in [6.45, 7) is 8.45. The molecule has 0 N–H and O–H groups in total. The first-order valence-electron chi connectivity index (χ1n) is 7.08. The van der Waals surface area contributed by atoms with Crippen LogP contribution >= 0.6 is 0 Å². The Labute approximate surface area is 116 Å². The molecule has 1 saturated carbocycles. The molecule has 1 fully saturated rings. The van der Waals surface area contributed by atoms with Crippen molar-refractivity contribution in [1.82, 2.24) is 0 Å². The van der Waals surface area contributed by atoms with Gasteiger partial charge < -0.3 is 4.74 Å². The first-order valence-corrected chi connectivity index (χ1v) is 7.08. The maximum atomic E-state index is 12.5. The third kappa shape index (κ3) is 2.68. The number of hydrogen-bond donors (Lipinski definition) is 0. The highest BCUT2D eigenvalue weighted by atomic mass is 16.5. The van der Waals surface area contributed by atoms with Gasteiger partial charge in [0.25, 0.3) is 0 Å². The molecule has 2 rings (SSSR count). The molecule has 2 nitrogen and oxygen atoms in total. The van der Waals surface area contributed by atoms with Crippen molar-refractivity contribution in [3.05, 3.63) is 28.8 Å². The molecule has 0 unspecified atom stereocenters. The Morgan fingerprint density at radius 1 is 1.26 bits per heavy atom. The summed E-state index contributed by atoms with van der Waals surface area (Å²) >= 11 is 0. The molecule has 0 saturated heterocycles. The predicted octanol–water partition coefficient (Wildman–Crippen LogP) is 4.28. The van der Waals surface area contributed by atoms with Gasteiger partial charge in [-0.25, -0.2) is 0 Å². The molecule has 0 atom stereocenters. The lowest BCUT2D eigenvalue weighted by molar-refractivity contribution is 0.0854.